The maximum absolute atomic E-state index is 4.64. The second-order valence-electron chi connectivity index (χ2n) is 5.20. The van der Waals surface area contributed by atoms with E-state index in [-0.39, 0.29) is 0 Å². The van der Waals surface area contributed by atoms with Crippen LogP contribution in [-0.4, -0.2) is 24.1 Å². The van der Waals surface area contributed by atoms with Crippen LogP contribution in [0.1, 0.15) is 35.9 Å². The molecule has 1 aliphatic carbocycles. The van der Waals surface area contributed by atoms with E-state index >= 15 is 0 Å². The van der Waals surface area contributed by atoms with E-state index in [1.807, 2.05) is 14.1 Å². The van der Waals surface area contributed by atoms with Crippen LogP contribution in [-0.2, 0) is 0 Å². The maximum atomic E-state index is 4.64. The van der Waals surface area contributed by atoms with E-state index in [4.69, 9.17) is 0 Å². The number of nitrogens with one attached hydrogen (secondary N) is 2. The lowest BCUT2D eigenvalue weighted by atomic mass is 9.68. The third-order valence-electron chi connectivity index (χ3n) is 4.11. The highest BCUT2D eigenvalue weighted by atomic mass is 15.1. The summed E-state index contributed by atoms with van der Waals surface area (Å²) >= 11 is 0. The van der Waals surface area contributed by atoms with Gasteiger partial charge in [-0.15, -0.1) is 0 Å². The van der Waals surface area contributed by atoms with Crippen molar-refractivity contribution in [1.29, 1.82) is 0 Å². The molecule has 20 heavy (non-hydrogen) atoms. The summed E-state index contributed by atoms with van der Waals surface area (Å²) in [5.74, 6) is 2.64. The van der Waals surface area contributed by atoms with E-state index in [9.17, 15) is 0 Å². The second kappa shape index (κ2) is 5.49. The number of benzene rings is 1. The van der Waals surface area contributed by atoms with Crippen LogP contribution in [0.4, 0.5) is 11.8 Å². The minimum absolute atomic E-state index is 0.500. The molecule has 1 aromatic carbocycles. The highest BCUT2D eigenvalue weighted by molar-refractivity contribution is 5.44. The van der Waals surface area contributed by atoms with Crippen molar-refractivity contribution in [3.63, 3.8) is 0 Å². The molecule has 1 saturated carbocycles. The molecule has 2 aromatic rings. The number of hydrogen-bond acceptors (Lipinski definition) is 4. The zero-order valence-electron chi connectivity index (χ0n) is 11.9. The number of anilines is 2. The number of nitrogens with zero attached hydrogens (tertiary/aromatic N) is 2. The predicted molar refractivity (Wildman–Crippen MR) is 82.3 cm³/mol. The van der Waals surface area contributed by atoms with Crippen LogP contribution in [0.2, 0.25) is 0 Å². The molecule has 0 saturated heterocycles. The predicted octanol–water partition coefficient (Wildman–Crippen LogP) is 3.22. The first-order chi connectivity index (χ1) is 9.81. The Morgan fingerprint density at radius 1 is 0.950 bits per heavy atom. The molecule has 3 rings (SSSR count). The van der Waals surface area contributed by atoms with Crippen LogP contribution in [0, 0.1) is 0 Å². The zero-order chi connectivity index (χ0) is 13.9. The van der Waals surface area contributed by atoms with Crippen LogP contribution in [0.25, 0.3) is 0 Å². The van der Waals surface area contributed by atoms with Crippen molar-refractivity contribution in [2.75, 3.05) is 24.7 Å². The normalized spacial score (nSPS) is 21.1. The van der Waals surface area contributed by atoms with E-state index in [1.165, 1.54) is 18.4 Å². The van der Waals surface area contributed by atoms with Gasteiger partial charge in [-0.25, -0.2) is 4.98 Å². The van der Waals surface area contributed by atoms with Gasteiger partial charge < -0.3 is 10.6 Å². The van der Waals surface area contributed by atoms with Gasteiger partial charge in [0.2, 0.25) is 5.95 Å². The van der Waals surface area contributed by atoms with Gasteiger partial charge in [0.05, 0.1) is 5.69 Å². The second-order valence-corrected chi connectivity index (χ2v) is 5.20. The molecule has 4 nitrogen and oxygen atoms in total. The first kappa shape index (κ1) is 12.9. The molecule has 1 heterocycles. The van der Waals surface area contributed by atoms with Gasteiger partial charge in [-0.1, -0.05) is 30.3 Å². The molecule has 1 fully saturated rings. The van der Waals surface area contributed by atoms with E-state index in [1.54, 1.807) is 0 Å². The quantitative estimate of drug-likeness (QED) is 0.894. The SMILES string of the molecule is CNc1cc([C@@H]2CC[C@@H]2c2ccccc2)nc(NC)n1. The Bertz CT molecular complexity index is 560. The Hall–Kier alpha value is -2.10. The molecule has 0 bridgehead atoms. The van der Waals surface area contributed by atoms with Crippen molar-refractivity contribution in [2.24, 2.45) is 0 Å². The minimum atomic E-state index is 0.500. The monoisotopic (exact) mass is 268 g/mol. The van der Waals surface area contributed by atoms with Gasteiger partial charge in [-0.3, -0.25) is 0 Å². The van der Waals surface area contributed by atoms with Crippen LogP contribution in [0.3, 0.4) is 0 Å². The number of rotatable bonds is 4. The summed E-state index contributed by atoms with van der Waals surface area (Å²) in [6.07, 6.45) is 2.44. The molecular formula is C16H20N4. The highest BCUT2D eigenvalue weighted by Crippen LogP contribution is 2.48. The van der Waals surface area contributed by atoms with Gasteiger partial charge in [0.15, 0.2) is 0 Å². The Labute approximate surface area is 119 Å². The summed E-state index contributed by atoms with van der Waals surface area (Å²) < 4.78 is 0. The van der Waals surface area contributed by atoms with Crippen molar-refractivity contribution in [3.8, 4) is 0 Å². The van der Waals surface area contributed by atoms with Crippen LogP contribution in [0.5, 0.6) is 0 Å². The van der Waals surface area contributed by atoms with E-state index in [0.717, 1.165) is 11.5 Å². The Morgan fingerprint density at radius 2 is 1.70 bits per heavy atom. The average molecular weight is 268 g/mol. The largest absolute Gasteiger partial charge is 0.373 e. The van der Waals surface area contributed by atoms with Gasteiger partial charge in [-0.05, 0) is 24.3 Å². The molecule has 0 spiro atoms. The molecule has 1 aliphatic rings. The highest BCUT2D eigenvalue weighted by Gasteiger charge is 2.34. The van der Waals surface area contributed by atoms with Gasteiger partial charge in [0.1, 0.15) is 5.82 Å². The van der Waals surface area contributed by atoms with Crippen molar-refractivity contribution >= 4 is 11.8 Å². The van der Waals surface area contributed by atoms with E-state index < -0.39 is 0 Å². The fourth-order valence-electron chi connectivity index (χ4n) is 2.85. The fourth-order valence-corrected chi connectivity index (χ4v) is 2.85. The van der Waals surface area contributed by atoms with Crippen molar-refractivity contribution < 1.29 is 0 Å². The van der Waals surface area contributed by atoms with Crippen molar-refractivity contribution in [3.05, 3.63) is 47.7 Å². The number of aromatic nitrogens is 2. The van der Waals surface area contributed by atoms with Crippen molar-refractivity contribution in [1.82, 2.24) is 9.97 Å². The van der Waals surface area contributed by atoms with E-state index in [2.05, 4.69) is 57.0 Å². The summed E-state index contributed by atoms with van der Waals surface area (Å²) in [4.78, 5) is 9.01. The molecular weight excluding hydrogens is 248 g/mol. The molecule has 1 aromatic heterocycles. The standard InChI is InChI=1S/C16H20N4/c1-17-15-10-14(19-16(18-2)20-15)13-9-8-12(13)11-6-4-3-5-7-11/h3-7,10,12-13H,8-9H2,1-2H3,(H2,17,18,19,20)/t12-,13-/m1/s1. The fraction of sp³-hybridized carbons (Fsp3) is 0.375. The third-order valence-corrected chi connectivity index (χ3v) is 4.11. The van der Waals surface area contributed by atoms with Gasteiger partial charge in [0, 0.05) is 26.1 Å². The van der Waals surface area contributed by atoms with Gasteiger partial charge in [0.25, 0.3) is 0 Å². The van der Waals surface area contributed by atoms with Gasteiger partial charge in [-0.2, -0.15) is 4.98 Å². The molecule has 2 atom stereocenters. The smallest absolute Gasteiger partial charge is 0.224 e. The average Bonchev–Trinajstić information content (AvgIpc) is 2.46. The van der Waals surface area contributed by atoms with Crippen molar-refractivity contribution in [2.45, 2.75) is 24.7 Å². The molecule has 4 heteroatoms. The van der Waals surface area contributed by atoms with Gasteiger partial charge >= 0.3 is 0 Å². The van der Waals surface area contributed by atoms with Crippen LogP contribution in [0.15, 0.2) is 36.4 Å². The lowest BCUT2D eigenvalue weighted by molar-refractivity contribution is 0.340. The molecule has 0 aliphatic heterocycles. The Balaban J connectivity index is 1.89. The Morgan fingerprint density at radius 3 is 2.30 bits per heavy atom. The Kier molecular flexibility index (Phi) is 3.54. The first-order valence-electron chi connectivity index (χ1n) is 7.11. The molecule has 0 unspecified atom stereocenters. The summed E-state index contributed by atoms with van der Waals surface area (Å²) in [5, 5.41) is 6.15. The zero-order valence-corrected chi connectivity index (χ0v) is 11.9. The number of hydrogen-bond donors (Lipinski definition) is 2. The summed E-state index contributed by atoms with van der Waals surface area (Å²) in [5.41, 5.74) is 2.55. The molecule has 0 radical (unpaired) electrons. The first-order valence-corrected chi connectivity index (χ1v) is 7.11. The topological polar surface area (TPSA) is 49.8 Å². The maximum Gasteiger partial charge on any atom is 0.224 e. The van der Waals surface area contributed by atoms with Crippen LogP contribution >= 0.6 is 0 Å². The lowest BCUT2D eigenvalue weighted by Gasteiger charge is -2.36. The summed E-state index contributed by atoms with van der Waals surface area (Å²) in [7, 11) is 3.75. The van der Waals surface area contributed by atoms with Crippen LogP contribution < -0.4 is 10.6 Å². The molecule has 2 N–H and O–H groups in total. The molecule has 104 valence electrons. The molecule has 0 amide bonds. The summed E-state index contributed by atoms with van der Waals surface area (Å²) in [6.45, 7) is 0. The lowest BCUT2D eigenvalue weighted by Crippen LogP contribution is -2.23. The van der Waals surface area contributed by atoms with E-state index in [0.29, 0.717) is 17.8 Å². The third kappa shape index (κ3) is 2.33. The minimum Gasteiger partial charge on any atom is -0.373 e. The summed E-state index contributed by atoms with van der Waals surface area (Å²) in [6, 6.07) is 12.8.